The molecule has 3 rings (SSSR count). The molecule has 0 saturated heterocycles. The normalized spacial score (nSPS) is 15.4. The van der Waals surface area contributed by atoms with Crippen LogP contribution < -0.4 is 5.32 Å². The highest BCUT2D eigenvalue weighted by atomic mass is 127. The Morgan fingerprint density at radius 2 is 2.12 bits per heavy atom. The van der Waals surface area contributed by atoms with Crippen LogP contribution in [0, 0.1) is 12.7 Å². The number of guanidine groups is 1. The van der Waals surface area contributed by atoms with Crippen LogP contribution in [-0.2, 0) is 12.0 Å². The Morgan fingerprint density at radius 3 is 2.68 bits per heavy atom. The maximum absolute atomic E-state index is 14.1. The van der Waals surface area contributed by atoms with Crippen molar-refractivity contribution in [2.45, 2.75) is 31.7 Å². The first-order valence-corrected chi connectivity index (χ1v) is 9.00. The van der Waals surface area contributed by atoms with Gasteiger partial charge in [-0.1, -0.05) is 18.2 Å². The first kappa shape index (κ1) is 20.1. The van der Waals surface area contributed by atoms with Gasteiger partial charge in [0, 0.05) is 31.4 Å². The zero-order valence-electron chi connectivity index (χ0n) is 14.8. The van der Waals surface area contributed by atoms with E-state index < -0.39 is 0 Å². The first-order chi connectivity index (χ1) is 11.5. The standard InChI is InChI=1S/C18H23FN4S.HI/c1-13-22-14(11-24-13)10-23(3)17(20-2)21-12-18(8-9-18)15-6-4-5-7-16(15)19;/h4-7,11H,8-10,12H2,1-3H3,(H,20,21);1H. The van der Waals surface area contributed by atoms with Crippen LogP contribution in [0.4, 0.5) is 4.39 Å². The SMILES string of the molecule is CN=C(NCC1(c2ccccc2F)CC1)N(C)Cc1csc(C)n1.I. The van der Waals surface area contributed by atoms with Crippen molar-refractivity contribution in [3.8, 4) is 0 Å². The van der Waals surface area contributed by atoms with Gasteiger partial charge < -0.3 is 10.2 Å². The molecule has 1 saturated carbocycles. The Morgan fingerprint density at radius 1 is 1.40 bits per heavy atom. The van der Waals surface area contributed by atoms with E-state index in [1.54, 1.807) is 30.5 Å². The molecular weight excluding hydrogens is 450 g/mol. The van der Waals surface area contributed by atoms with Crippen molar-refractivity contribution >= 4 is 41.3 Å². The summed E-state index contributed by atoms with van der Waals surface area (Å²) in [6, 6.07) is 7.09. The van der Waals surface area contributed by atoms with E-state index in [1.165, 1.54) is 0 Å². The van der Waals surface area contributed by atoms with Gasteiger partial charge in [0.2, 0.25) is 0 Å². The molecule has 1 aromatic heterocycles. The highest BCUT2D eigenvalue weighted by molar-refractivity contribution is 14.0. The number of aryl methyl sites for hydroxylation is 1. The zero-order chi connectivity index (χ0) is 17.2. The second-order valence-corrected chi connectivity index (χ2v) is 7.44. The number of nitrogens with zero attached hydrogens (tertiary/aromatic N) is 3. The van der Waals surface area contributed by atoms with Crippen molar-refractivity contribution in [1.82, 2.24) is 15.2 Å². The van der Waals surface area contributed by atoms with Crippen molar-refractivity contribution in [3.05, 3.63) is 51.7 Å². The largest absolute Gasteiger partial charge is 0.355 e. The number of benzene rings is 1. The molecule has 1 N–H and O–H groups in total. The highest BCUT2D eigenvalue weighted by Crippen LogP contribution is 2.48. The monoisotopic (exact) mass is 474 g/mol. The van der Waals surface area contributed by atoms with Crippen molar-refractivity contribution in [2.24, 2.45) is 4.99 Å². The van der Waals surface area contributed by atoms with E-state index in [0.29, 0.717) is 13.1 Å². The Kier molecular flexibility index (Phi) is 6.79. The Hall–Kier alpha value is -1.22. The fourth-order valence-electron chi connectivity index (χ4n) is 3.02. The molecule has 2 aromatic rings. The number of thiazole rings is 1. The maximum atomic E-state index is 14.1. The van der Waals surface area contributed by atoms with Crippen LogP contribution in [0.15, 0.2) is 34.6 Å². The molecule has 1 aliphatic rings. The van der Waals surface area contributed by atoms with Crippen molar-refractivity contribution in [2.75, 3.05) is 20.6 Å². The summed E-state index contributed by atoms with van der Waals surface area (Å²) in [6.07, 6.45) is 2.01. The number of nitrogens with one attached hydrogen (secondary N) is 1. The van der Waals surface area contributed by atoms with Gasteiger partial charge in [0.25, 0.3) is 0 Å². The smallest absolute Gasteiger partial charge is 0.193 e. The van der Waals surface area contributed by atoms with Crippen LogP contribution in [-0.4, -0.2) is 36.5 Å². The molecule has 1 fully saturated rings. The first-order valence-electron chi connectivity index (χ1n) is 8.12. The van der Waals surface area contributed by atoms with Gasteiger partial charge in [-0.3, -0.25) is 4.99 Å². The van der Waals surface area contributed by atoms with Gasteiger partial charge in [-0.2, -0.15) is 0 Å². The summed E-state index contributed by atoms with van der Waals surface area (Å²) in [6.45, 7) is 3.41. The van der Waals surface area contributed by atoms with Gasteiger partial charge in [-0.05, 0) is 31.4 Å². The van der Waals surface area contributed by atoms with Gasteiger partial charge in [-0.15, -0.1) is 35.3 Å². The summed E-state index contributed by atoms with van der Waals surface area (Å²) < 4.78 is 14.1. The topological polar surface area (TPSA) is 40.5 Å². The van der Waals surface area contributed by atoms with Crippen LogP contribution in [0.2, 0.25) is 0 Å². The second kappa shape index (κ2) is 8.44. The van der Waals surface area contributed by atoms with Crippen LogP contribution in [0.3, 0.4) is 0 Å². The molecule has 0 atom stereocenters. The third-order valence-electron chi connectivity index (χ3n) is 4.52. The fraction of sp³-hybridized carbons (Fsp3) is 0.444. The molecule has 1 aromatic carbocycles. The molecule has 0 spiro atoms. The summed E-state index contributed by atoms with van der Waals surface area (Å²) in [5.41, 5.74) is 1.75. The van der Waals surface area contributed by atoms with E-state index in [9.17, 15) is 4.39 Å². The van der Waals surface area contributed by atoms with Gasteiger partial charge in [0.1, 0.15) is 5.82 Å². The van der Waals surface area contributed by atoms with Crippen LogP contribution in [0.25, 0.3) is 0 Å². The van der Waals surface area contributed by atoms with Gasteiger partial charge in [0.05, 0.1) is 17.2 Å². The molecule has 0 radical (unpaired) electrons. The Bertz CT molecular complexity index is 742. The summed E-state index contributed by atoms with van der Waals surface area (Å²) in [5, 5.41) is 6.55. The lowest BCUT2D eigenvalue weighted by Crippen LogP contribution is -2.42. The number of aliphatic imine (C=N–C) groups is 1. The minimum absolute atomic E-state index is 0. The second-order valence-electron chi connectivity index (χ2n) is 6.37. The summed E-state index contributed by atoms with van der Waals surface area (Å²) >= 11 is 1.65. The summed E-state index contributed by atoms with van der Waals surface area (Å²) in [5.74, 6) is 0.696. The molecule has 1 heterocycles. The van der Waals surface area contributed by atoms with E-state index in [1.807, 2.05) is 31.0 Å². The lowest BCUT2D eigenvalue weighted by Gasteiger charge is -2.24. The molecule has 25 heavy (non-hydrogen) atoms. The number of rotatable bonds is 5. The van der Waals surface area contributed by atoms with E-state index in [2.05, 4.69) is 20.7 Å². The fourth-order valence-corrected chi connectivity index (χ4v) is 3.62. The van der Waals surface area contributed by atoms with Crippen molar-refractivity contribution in [3.63, 3.8) is 0 Å². The molecular formula is C18H24FIN4S. The van der Waals surface area contributed by atoms with Gasteiger partial charge in [0.15, 0.2) is 5.96 Å². The molecule has 0 unspecified atom stereocenters. The van der Waals surface area contributed by atoms with E-state index in [-0.39, 0.29) is 35.2 Å². The van der Waals surface area contributed by atoms with Crippen molar-refractivity contribution < 1.29 is 4.39 Å². The summed E-state index contributed by atoms with van der Waals surface area (Å²) in [7, 11) is 3.76. The number of aromatic nitrogens is 1. The van der Waals surface area contributed by atoms with Crippen LogP contribution in [0.1, 0.15) is 29.1 Å². The highest BCUT2D eigenvalue weighted by Gasteiger charge is 2.45. The summed E-state index contributed by atoms with van der Waals surface area (Å²) in [4.78, 5) is 10.9. The maximum Gasteiger partial charge on any atom is 0.193 e. The Balaban J connectivity index is 0.00000225. The molecule has 7 heteroatoms. The van der Waals surface area contributed by atoms with Crippen molar-refractivity contribution in [1.29, 1.82) is 0 Å². The third-order valence-corrected chi connectivity index (χ3v) is 5.35. The predicted molar refractivity (Wildman–Crippen MR) is 112 cm³/mol. The predicted octanol–water partition coefficient (Wildman–Crippen LogP) is 3.95. The molecule has 0 bridgehead atoms. The van der Waals surface area contributed by atoms with E-state index in [4.69, 9.17) is 0 Å². The Labute approximate surface area is 169 Å². The molecule has 4 nitrogen and oxygen atoms in total. The molecule has 0 amide bonds. The number of halogens is 2. The van der Waals surface area contributed by atoms with Crippen LogP contribution in [0.5, 0.6) is 0 Å². The lowest BCUT2D eigenvalue weighted by molar-refractivity contribution is 0.462. The number of hydrogen-bond donors (Lipinski definition) is 1. The quantitative estimate of drug-likeness (QED) is 0.406. The molecule has 1 aliphatic carbocycles. The molecule has 136 valence electrons. The van der Waals surface area contributed by atoms with Crippen LogP contribution >= 0.6 is 35.3 Å². The van der Waals surface area contributed by atoms with Gasteiger partial charge in [-0.25, -0.2) is 9.37 Å². The third kappa shape index (κ3) is 4.69. The van der Waals surface area contributed by atoms with E-state index in [0.717, 1.165) is 35.1 Å². The van der Waals surface area contributed by atoms with Gasteiger partial charge >= 0.3 is 0 Å². The average Bonchev–Trinajstić information content (AvgIpc) is 3.24. The average molecular weight is 474 g/mol. The zero-order valence-corrected chi connectivity index (χ0v) is 17.9. The molecule has 0 aliphatic heterocycles. The lowest BCUT2D eigenvalue weighted by atomic mass is 9.95. The minimum atomic E-state index is -0.113. The number of hydrogen-bond acceptors (Lipinski definition) is 3. The van der Waals surface area contributed by atoms with E-state index >= 15 is 0 Å². The minimum Gasteiger partial charge on any atom is -0.355 e.